The number of hydrogen-bond donors (Lipinski definition) is 10. The third kappa shape index (κ3) is 26.5. The Balaban J connectivity index is 0.000000175. The number of para-hydroxylation sites is 2. The molecule has 38 heteroatoms. The quantitative estimate of drug-likeness (QED) is 0.0378. The molecule has 16 rings (SSSR count). The van der Waals surface area contributed by atoms with Gasteiger partial charge in [0.1, 0.15) is 40.1 Å². The molecule has 5 amide bonds. The summed E-state index contributed by atoms with van der Waals surface area (Å²) in [6.07, 6.45) is 6.98. The van der Waals surface area contributed by atoms with E-state index in [9.17, 15) is 33.6 Å². The van der Waals surface area contributed by atoms with Gasteiger partial charge in [0.05, 0.1) is 151 Å². The smallest absolute Gasteiger partial charge is 0.337 e. The van der Waals surface area contributed by atoms with Gasteiger partial charge in [-0.25, -0.2) is 49.3 Å². The molecule has 0 spiro atoms. The van der Waals surface area contributed by atoms with Crippen LogP contribution < -0.4 is 54.5 Å². The average Bonchev–Trinajstić information content (AvgIpc) is 1.65. The summed E-state index contributed by atoms with van der Waals surface area (Å²) in [4.78, 5) is 132. The molecule has 3 saturated heterocycles. The van der Waals surface area contributed by atoms with Crippen LogP contribution in [0.5, 0.6) is 11.5 Å². The molecule has 11 aromatic rings. The SMILES string of the molecule is COc1c(Cl)cccc1Nc1cc(Cc2ccc(C(=O)N3CCCC3)c(C)n2)nc2c1C(=O)N(C)C2.COc1c(Cl)cccc1Nc1cc(Cl)nc2c1C(=O)N(C)C2.Cc1nc(N)ccc1Br.Cc1nc(N)ccc1C(=O)N1CCCC1.Cc1nc(N)ccc1C(=O)N1CCCC1.Cc1nc(N)ccc1C(=O)O.Cc1nc(N)ccc1C(=O)O.[C-]#[N+]c1ccc(N)nc1C. The lowest BCUT2D eigenvalue weighted by Gasteiger charge is -2.17. The van der Waals surface area contributed by atoms with Gasteiger partial charge in [0.2, 0.25) is 5.69 Å². The molecule has 0 aliphatic carbocycles. The summed E-state index contributed by atoms with van der Waals surface area (Å²) in [6.45, 7) is 25.0. The second-order valence-corrected chi connectivity index (χ2v) is 32.0. The first-order valence-corrected chi connectivity index (χ1v) is 42.5. The van der Waals surface area contributed by atoms with E-state index in [0.717, 1.165) is 99.3 Å². The van der Waals surface area contributed by atoms with Crippen LogP contribution in [0.25, 0.3) is 4.85 Å². The number of methoxy groups -OCH3 is 2. The number of halogens is 4. The monoisotopic (exact) mass is 1880 g/mol. The predicted octanol–water partition coefficient (Wildman–Crippen LogP) is 15.3. The number of amides is 5. The van der Waals surface area contributed by atoms with Gasteiger partial charge < -0.3 is 89.2 Å². The van der Waals surface area contributed by atoms with E-state index in [1.807, 2.05) is 84.9 Å². The largest absolute Gasteiger partial charge is 0.493 e. The molecule has 0 radical (unpaired) electrons. The average molecular weight is 1880 g/mol. The number of rotatable bonds is 13. The molecule has 14 heterocycles. The van der Waals surface area contributed by atoms with E-state index in [4.69, 9.17) is 105 Å². The molecule has 9 aromatic heterocycles. The van der Waals surface area contributed by atoms with Crippen molar-refractivity contribution in [2.75, 3.05) is 113 Å². The lowest BCUT2D eigenvalue weighted by Crippen LogP contribution is -2.28. The van der Waals surface area contributed by atoms with Crippen LogP contribution in [-0.2, 0) is 19.5 Å². The standard InChI is InChI=1S/C27H28ClN5O3.C15H13Cl2N3O2.2C11H15N3O.C7H7N3.2C7H8N2O2.C6H7BrN2/c1-16-19(26(34)33-11-4-5-12-33)10-9-17(29-16)13-18-14-22(24-23(30-18)15-32(2)27(24)35)31-21-8-6-7-20(28)25(21)36-3;1-20-7-11-13(15(20)21)10(6-12(17)19-11)18-9-5-3-4-8(16)14(9)22-2;2*1-8-9(4-5-10(12)13-8)11(15)14-6-2-3-7-14;1-5-6(9-2)3-4-7(8)10-5;2*1-4-5(7(10)11)2-3-6(8)9-4;1-4-5(7)2-3-6(8)9-4/h6-10,14H,4-5,11-13,15H2,1-3H3,(H,30,31);3-6H,7H2,1-2H3,(H,18,19);2*4-5H,2-3,6-7H2,1H3,(H2,12,13);3-4H,1H3,(H2,8,10);2*2-3H,1H3,(H2,8,9)(H,10,11);2-3H,1H3,(H2,8,9). The minimum Gasteiger partial charge on any atom is -0.493 e. The number of nitrogen functional groups attached to an aromatic ring is 6. The van der Waals surface area contributed by atoms with Gasteiger partial charge in [0.15, 0.2) is 11.5 Å². The highest BCUT2D eigenvalue weighted by atomic mass is 79.9. The molecule has 0 atom stereocenters. The molecule has 674 valence electrons. The summed E-state index contributed by atoms with van der Waals surface area (Å²) in [5, 5.41) is 24.9. The van der Waals surface area contributed by atoms with E-state index in [1.54, 1.807) is 119 Å². The normalized spacial score (nSPS) is 13.0. The Morgan fingerprint density at radius 3 is 1.10 bits per heavy atom. The number of pyridine rings is 9. The first-order chi connectivity index (χ1) is 61.4. The molecule has 16 N–H and O–H groups in total. The van der Waals surface area contributed by atoms with Gasteiger partial charge in [-0.3, -0.25) is 33.9 Å². The molecular weight excluding hydrogens is 1780 g/mol. The number of benzene rings is 2. The lowest BCUT2D eigenvalue weighted by atomic mass is 10.1. The van der Waals surface area contributed by atoms with E-state index in [0.29, 0.717) is 183 Å². The number of aryl methyl sites for hydroxylation is 7. The van der Waals surface area contributed by atoms with Gasteiger partial charge in [-0.05, 0) is 218 Å². The summed E-state index contributed by atoms with van der Waals surface area (Å²) < 4.78 is 11.8. The highest BCUT2D eigenvalue weighted by molar-refractivity contribution is 9.10. The first-order valence-electron chi connectivity index (χ1n) is 40.5. The maximum Gasteiger partial charge on any atom is 0.337 e. The molecule has 0 saturated carbocycles. The molecule has 5 aliphatic heterocycles. The van der Waals surface area contributed by atoms with E-state index >= 15 is 0 Å². The van der Waals surface area contributed by atoms with E-state index in [-0.39, 0.29) is 40.7 Å². The Morgan fingerprint density at radius 1 is 0.426 bits per heavy atom. The van der Waals surface area contributed by atoms with Crippen LogP contribution in [0, 0.1) is 55.0 Å². The van der Waals surface area contributed by atoms with Gasteiger partial charge in [0, 0.05) is 81.3 Å². The second-order valence-electron chi connectivity index (χ2n) is 30.0. The molecule has 0 unspecified atom stereocenters. The van der Waals surface area contributed by atoms with Crippen LogP contribution in [0.1, 0.15) is 174 Å². The Bertz CT molecular complexity index is 5890. The number of aromatic carboxylic acids is 2. The minimum atomic E-state index is -0.977. The first kappa shape index (κ1) is 98.7. The summed E-state index contributed by atoms with van der Waals surface area (Å²) in [6, 6.07) is 37.6. The number of fused-ring (bicyclic) bond motifs is 2. The number of carbonyl (C=O) groups is 7. The van der Waals surface area contributed by atoms with Crippen molar-refractivity contribution in [1.29, 1.82) is 0 Å². The van der Waals surface area contributed by atoms with E-state index in [2.05, 4.69) is 66.3 Å². The zero-order valence-electron chi connectivity index (χ0n) is 73.1. The van der Waals surface area contributed by atoms with Gasteiger partial charge in [-0.2, -0.15) is 0 Å². The van der Waals surface area contributed by atoms with Crippen molar-refractivity contribution in [1.82, 2.24) is 69.4 Å². The number of nitrogens with one attached hydrogen (secondary N) is 2. The Kier molecular flexibility index (Phi) is 35.1. The van der Waals surface area contributed by atoms with Gasteiger partial charge in [-0.1, -0.05) is 53.0 Å². The number of likely N-dealkylation sites (tertiary alicyclic amines) is 3. The number of hydrogen-bond acceptors (Lipinski definition) is 26. The van der Waals surface area contributed by atoms with Crippen LogP contribution >= 0.6 is 50.7 Å². The highest BCUT2D eigenvalue weighted by Crippen LogP contribution is 2.40. The molecular formula is C91H101BrCl3N23O11. The zero-order valence-corrected chi connectivity index (χ0v) is 76.9. The number of nitrogens with zero attached hydrogens (tertiary/aromatic N) is 15. The third-order valence-electron chi connectivity index (χ3n) is 20.5. The number of aromatic nitrogens is 9. The Morgan fingerprint density at radius 2 is 0.760 bits per heavy atom. The number of carboxylic acid groups (broad SMARTS) is 2. The van der Waals surface area contributed by atoms with E-state index in [1.165, 1.54) is 31.4 Å². The van der Waals surface area contributed by atoms with Crippen molar-refractivity contribution in [3.8, 4) is 11.5 Å². The number of ether oxygens (including phenoxy) is 2. The zero-order chi connectivity index (χ0) is 94.2. The molecule has 0 bridgehead atoms. The van der Waals surface area contributed by atoms with Gasteiger partial charge in [0.25, 0.3) is 29.5 Å². The fourth-order valence-corrected chi connectivity index (χ4v) is 14.9. The lowest BCUT2D eigenvalue weighted by molar-refractivity contribution is 0.0684. The van der Waals surface area contributed by atoms with E-state index < -0.39 is 11.9 Å². The Labute approximate surface area is 770 Å². The van der Waals surface area contributed by atoms with Crippen molar-refractivity contribution in [2.45, 2.75) is 107 Å². The summed E-state index contributed by atoms with van der Waals surface area (Å²) in [5.41, 5.74) is 46.6. The minimum absolute atomic E-state index is 0.0446. The second kappa shape index (κ2) is 45.9. The van der Waals surface area contributed by atoms with Crippen LogP contribution in [0.3, 0.4) is 0 Å². The van der Waals surface area contributed by atoms with Crippen LogP contribution in [0.15, 0.2) is 138 Å². The number of anilines is 10. The summed E-state index contributed by atoms with van der Waals surface area (Å²) in [5.74, 6) is 1.71. The topological polar surface area (TPSA) is 495 Å². The number of nitrogens with two attached hydrogens (primary N) is 6. The van der Waals surface area contributed by atoms with Gasteiger partial charge in [-0.15, -0.1) is 0 Å². The molecule has 3 fully saturated rings. The van der Waals surface area contributed by atoms with Crippen molar-refractivity contribution in [3.63, 3.8) is 0 Å². The highest BCUT2D eigenvalue weighted by Gasteiger charge is 2.33. The van der Waals surface area contributed by atoms with Crippen LogP contribution in [0.4, 0.5) is 63.3 Å². The molecule has 2 aromatic carbocycles. The van der Waals surface area contributed by atoms with Crippen molar-refractivity contribution >= 4 is 156 Å². The number of carboxylic acids is 2. The fourth-order valence-electron chi connectivity index (χ4n) is 14.0. The van der Waals surface area contributed by atoms with Crippen molar-refractivity contribution in [2.24, 2.45) is 0 Å². The van der Waals surface area contributed by atoms with Crippen LogP contribution in [-0.4, -0.2) is 189 Å². The number of carbonyl (C=O) groups excluding carboxylic acids is 5. The van der Waals surface area contributed by atoms with Crippen LogP contribution in [0.2, 0.25) is 15.2 Å². The molecule has 129 heavy (non-hydrogen) atoms. The third-order valence-corrected chi connectivity index (χ3v) is 22.1. The summed E-state index contributed by atoms with van der Waals surface area (Å²) >= 11 is 21.8. The predicted molar refractivity (Wildman–Crippen MR) is 503 cm³/mol. The maximum absolute atomic E-state index is 12.9. The maximum atomic E-state index is 12.9. The van der Waals surface area contributed by atoms with Gasteiger partial charge >= 0.3 is 11.9 Å². The van der Waals surface area contributed by atoms with Crippen molar-refractivity contribution < 1.29 is 53.2 Å². The Hall–Kier alpha value is -14.1. The fraction of sp³-hybridized carbons (Fsp3) is 0.286. The summed E-state index contributed by atoms with van der Waals surface area (Å²) in [7, 11) is 6.57. The van der Waals surface area contributed by atoms with Crippen molar-refractivity contribution in [3.05, 3.63) is 266 Å². The molecule has 34 nitrogen and oxygen atoms in total. The molecule has 5 aliphatic rings.